The molecule has 4 heteroatoms. The number of benzene rings is 2. The zero-order valence-electron chi connectivity index (χ0n) is 16.1. The van der Waals surface area contributed by atoms with Crippen LogP contribution in [0, 0.1) is 11.8 Å². The first-order valence-corrected chi connectivity index (χ1v) is 9.95. The van der Waals surface area contributed by atoms with Crippen LogP contribution >= 0.6 is 0 Å². The Hall–Kier alpha value is -2.33. The topological polar surface area (TPSA) is 50.4 Å². The minimum atomic E-state index is -0.157. The molecule has 27 heavy (non-hydrogen) atoms. The Kier molecular flexibility index (Phi) is 7.28. The Balaban J connectivity index is 1.59. The number of ether oxygens (including phenoxy) is 1. The smallest absolute Gasteiger partial charge is 0.220 e. The van der Waals surface area contributed by atoms with Crippen molar-refractivity contribution in [3.63, 3.8) is 0 Å². The molecular weight excluding hydrogens is 336 g/mol. The summed E-state index contributed by atoms with van der Waals surface area (Å²) in [5, 5.41) is 6.63. The molecule has 2 aromatic carbocycles. The Bertz CT molecular complexity index is 684. The molecule has 0 aliphatic carbocycles. The zero-order valence-corrected chi connectivity index (χ0v) is 16.1. The van der Waals surface area contributed by atoms with Gasteiger partial charge in [-0.1, -0.05) is 55.5 Å². The number of para-hydroxylation sites is 1. The van der Waals surface area contributed by atoms with Crippen LogP contribution < -0.4 is 15.4 Å². The highest BCUT2D eigenvalue weighted by Crippen LogP contribution is 2.23. The molecule has 144 valence electrons. The Morgan fingerprint density at radius 1 is 1.15 bits per heavy atom. The number of nitrogens with one attached hydrogen (secondary N) is 2. The van der Waals surface area contributed by atoms with Crippen LogP contribution in [0.5, 0.6) is 5.75 Å². The van der Waals surface area contributed by atoms with Crippen LogP contribution in [0.15, 0.2) is 60.7 Å². The SMILES string of the molecule is CC(CC(=O)NC(COc1ccccc1)c1ccccc1)C1CCCNC1. The third-order valence-electron chi connectivity index (χ3n) is 5.34. The molecule has 0 radical (unpaired) electrons. The molecular formula is C23H30N2O2. The second kappa shape index (κ2) is 10.1. The van der Waals surface area contributed by atoms with Gasteiger partial charge in [0.1, 0.15) is 12.4 Å². The molecule has 3 atom stereocenters. The number of hydrogen-bond donors (Lipinski definition) is 2. The maximum Gasteiger partial charge on any atom is 0.220 e. The van der Waals surface area contributed by atoms with Crippen LogP contribution in [-0.4, -0.2) is 25.6 Å². The van der Waals surface area contributed by atoms with E-state index >= 15 is 0 Å². The monoisotopic (exact) mass is 366 g/mol. The minimum absolute atomic E-state index is 0.0959. The maximum atomic E-state index is 12.7. The third kappa shape index (κ3) is 6.10. The van der Waals surface area contributed by atoms with Crippen molar-refractivity contribution in [3.05, 3.63) is 66.2 Å². The van der Waals surface area contributed by atoms with Gasteiger partial charge in [-0.2, -0.15) is 0 Å². The third-order valence-corrected chi connectivity index (χ3v) is 5.34. The predicted molar refractivity (Wildman–Crippen MR) is 109 cm³/mol. The second-order valence-electron chi connectivity index (χ2n) is 7.44. The van der Waals surface area contributed by atoms with Crippen molar-refractivity contribution >= 4 is 5.91 Å². The van der Waals surface area contributed by atoms with Gasteiger partial charge in [-0.05, 0) is 55.5 Å². The van der Waals surface area contributed by atoms with E-state index in [1.54, 1.807) is 0 Å². The van der Waals surface area contributed by atoms with Gasteiger partial charge >= 0.3 is 0 Å². The van der Waals surface area contributed by atoms with Gasteiger partial charge in [-0.15, -0.1) is 0 Å². The lowest BCUT2D eigenvalue weighted by Gasteiger charge is -2.28. The van der Waals surface area contributed by atoms with Crippen molar-refractivity contribution in [1.82, 2.24) is 10.6 Å². The molecule has 1 heterocycles. The average molecular weight is 367 g/mol. The molecule has 3 rings (SSSR count). The van der Waals surface area contributed by atoms with Crippen LogP contribution in [0.1, 0.15) is 37.8 Å². The Morgan fingerprint density at radius 2 is 1.85 bits per heavy atom. The molecule has 0 spiro atoms. The average Bonchev–Trinajstić information content (AvgIpc) is 2.73. The van der Waals surface area contributed by atoms with E-state index in [-0.39, 0.29) is 11.9 Å². The maximum absolute atomic E-state index is 12.7. The summed E-state index contributed by atoms with van der Waals surface area (Å²) >= 11 is 0. The van der Waals surface area contributed by atoms with E-state index in [1.165, 1.54) is 12.8 Å². The van der Waals surface area contributed by atoms with Crippen molar-refractivity contribution in [2.24, 2.45) is 11.8 Å². The van der Waals surface area contributed by atoms with Crippen LogP contribution in [0.4, 0.5) is 0 Å². The van der Waals surface area contributed by atoms with Gasteiger partial charge in [0.2, 0.25) is 5.91 Å². The van der Waals surface area contributed by atoms with Gasteiger partial charge in [0.25, 0.3) is 0 Å². The van der Waals surface area contributed by atoms with Crippen molar-refractivity contribution in [2.75, 3.05) is 19.7 Å². The molecule has 0 aromatic heterocycles. The first-order valence-electron chi connectivity index (χ1n) is 9.95. The van der Waals surface area contributed by atoms with Gasteiger partial charge in [-0.25, -0.2) is 0 Å². The predicted octanol–water partition coefficient (Wildman–Crippen LogP) is 3.95. The van der Waals surface area contributed by atoms with Crippen LogP contribution in [-0.2, 0) is 4.79 Å². The minimum Gasteiger partial charge on any atom is -0.491 e. The first-order chi connectivity index (χ1) is 13.2. The van der Waals surface area contributed by atoms with Crippen LogP contribution in [0.3, 0.4) is 0 Å². The molecule has 2 N–H and O–H groups in total. The zero-order chi connectivity index (χ0) is 18.9. The number of piperidine rings is 1. The summed E-state index contributed by atoms with van der Waals surface area (Å²) in [7, 11) is 0. The molecule has 1 aliphatic heterocycles. The largest absolute Gasteiger partial charge is 0.491 e. The quantitative estimate of drug-likeness (QED) is 0.744. The molecule has 1 saturated heterocycles. The summed E-state index contributed by atoms with van der Waals surface area (Å²) in [6.07, 6.45) is 2.97. The number of rotatable bonds is 8. The second-order valence-corrected chi connectivity index (χ2v) is 7.44. The lowest BCUT2D eigenvalue weighted by Crippen LogP contribution is -2.37. The summed E-state index contributed by atoms with van der Waals surface area (Å²) in [5.41, 5.74) is 1.06. The standard InChI is InChI=1S/C23H30N2O2/c1-18(20-11-8-14-24-16-20)15-23(26)25-22(19-9-4-2-5-10-19)17-27-21-12-6-3-7-13-21/h2-7,9-10,12-13,18,20,22,24H,8,11,14-17H2,1H3,(H,25,26). The fourth-order valence-corrected chi connectivity index (χ4v) is 3.68. The van der Waals surface area contributed by atoms with Crippen molar-refractivity contribution < 1.29 is 9.53 Å². The van der Waals surface area contributed by atoms with Gasteiger partial charge in [0, 0.05) is 6.42 Å². The highest BCUT2D eigenvalue weighted by atomic mass is 16.5. The Labute approximate surface area is 162 Å². The molecule has 1 aliphatic rings. The summed E-state index contributed by atoms with van der Waals surface area (Å²) in [6, 6.07) is 19.6. The van der Waals surface area contributed by atoms with Gasteiger partial charge in [0.15, 0.2) is 0 Å². The van der Waals surface area contributed by atoms with Crippen molar-refractivity contribution in [2.45, 2.75) is 32.2 Å². The summed E-state index contributed by atoms with van der Waals surface area (Å²) < 4.78 is 5.92. The molecule has 0 bridgehead atoms. The van der Waals surface area contributed by atoms with E-state index in [0.29, 0.717) is 24.9 Å². The van der Waals surface area contributed by atoms with Gasteiger partial charge < -0.3 is 15.4 Å². The van der Waals surface area contributed by atoms with E-state index in [9.17, 15) is 4.79 Å². The molecule has 1 fully saturated rings. The van der Waals surface area contributed by atoms with E-state index in [1.807, 2.05) is 60.7 Å². The lowest BCUT2D eigenvalue weighted by molar-refractivity contribution is -0.123. The van der Waals surface area contributed by atoms with Crippen molar-refractivity contribution in [1.29, 1.82) is 0 Å². The summed E-state index contributed by atoms with van der Waals surface area (Å²) in [4.78, 5) is 12.7. The molecule has 2 aromatic rings. The highest BCUT2D eigenvalue weighted by Gasteiger charge is 2.23. The molecule has 3 unspecified atom stereocenters. The van der Waals surface area contributed by atoms with Crippen LogP contribution in [0.25, 0.3) is 0 Å². The number of carbonyl (C=O) groups is 1. The van der Waals surface area contributed by atoms with E-state index in [4.69, 9.17) is 4.74 Å². The summed E-state index contributed by atoms with van der Waals surface area (Å²) in [6.45, 7) is 4.73. The van der Waals surface area contributed by atoms with Crippen molar-refractivity contribution in [3.8, 4) is 5.75 Å². The normalized spacial score (nSPS) is 19.1. The first kappa shape index (κ1) is 19.4. The molecule has 4 nitrogen and oxygen atoms in total. The van der Waals surface area contributed by atoms with E-state index < -0.39 is 0 Å². The van der Waals surface area contributed by atoms with Gasteiger partial charge in [-0.3, -0.25) is 4.79 Å². The van der Waals surface area contributed by atoms with Gasteiger partial charge in [0.05, 0.1) is 6.04 Å². The molecule has 1 amide bonds. The number of amides is 1. The number of carbonyl (C=O) groups excluding carboxylic acids is 1. The summed E-state index contributed by atoms with van der Waals surface area (Å²) in [5.74, 6) is 1.87. The molecule has 0 saturated carbocycles. The Morgan fingerprint density at radius 3 is 2.52 bits per heavy atom. The van der Waals surface area contributed by atoms with Crippen LogP contribution in [0.2, 0.25) is 0 Å². The number of hydrogen-bond acceptors (Lipinski definition) is 3. The highest BCUT2D eigenvalue weighted by molar-refractivity contribution is 5.76. The van der Waals surface area contributed by atoms with E-state index in [0.717, 1.165) is 24.4 Å². The van der Waals surface area contributed by atoms with E-state index in [2.05, 4.69) is 17.6 Å². The fourth-order valence-electron chi connectivity index (χ4n) is 3.68. The lowest BCUT2D eigenvalue weighted by atomic mass is 9.85. The fraction of sp³-hybridized carbons (Fsp3) is 0.435.